The Morgan fingerprint density at radius 3 is 2.48 bits per heavy atom. The SMILES string of the molecule is COCCN1C(=O)CC[C@]12CCCN(C(=O)N1CCCC1)CC2. The molecule has 0 N–H and O–H groups in total. The first-order valence-corrected chi connectivity index (χ1v) is 8.99. The molecule has 0 saturated carbocycles. The molecule has 3 heterocycles. The van der Waals surface area contributed by atoms with Gasteiger partial charge in [0.15, 0.2) is 0 Å². The van der Waals surface area contributed by atoms with Crippen LogP contribution < -0.4 is 0 Å². The number of nitrogens with zero attached hydrogens (tertiary/aromatic N) is 3. The number of methoxy groups -OCH3 is 1. The van der Waals surface area contributed by atoms with Crippen molar-refractivity contribution in [1.82, 2.24) is 14.7 Å². The summed E-state index contributed by atoms with van der Waals surface area (Å²) in [5.74, 6) is 0.251. The highest BCUT2D eigenvalue weighted by atomic mass is 16.5. The lowest BCUT2D eigenvalue weighted by molar-refractivity contribution is -0.132. The van der Waals surface area contributed by atoms with E-state index in [9.17, 15) is 9.59 Å². The molecule has 23 heavy (non-hydrogen) atoms. The van der Waals surface area contributed by atoms with E-state index in [0.717, 1.165) is 64.7 Å². The first-order valence-electron chi connectivity index (χ1n) is 8.99. The van der Waals surface area contributed by atoms with Gasteiger partial charge in [0, 0.05) is 51.8 Å². The van der Waals surface area contributed by atoms with Crippen molar-refractivity contribution in [2.75, 3.05) is 46.4 Å². The van der Waals surface area contributed by atoms with Gasteiger partial charge in [-0.25, -0.2) is 4.79 Å². The largest absolute Gasteiger partial charge is 0.383 e. The van der Waals surface area contributed by atoms with Crippen LogP contribution in [-0.4, -0.2) is 78.6 Å². The predicted molar refractivity (Wildman–Crippen MR) is 87.2 cm³/mol. The fourth-order valence-electron chi connectivity index (χ4n) is 4.42. The molecule has 0 unspecified atom stereocenters. The fourth-order valence-corrected chi connectivity index (χ4v) is 4.42. The van der Waals surface area contributed by atoms with Gasteiger partial charge in [-0.3, -0.25) is 4.79 Å². The lowest BCUT2D eigenvalue weighted by Crippen LogP contribution is -2.48. The maximum absolute atomic E-state index is 12.6. The summed E-state index contributed by atoms with van der Waals surface area (Å²) in [6, 6.07) is 0.201. The Morgan fingerprint density at radius 1 is 1.04 bits per heavy atom. The summed E-state index contributed by atoms with van der Waals surface area (Å²) < 4.78 is 5.18. The number of carbonyl (C=O) groups excluding carboxylic acids is 2. The number of hydrogen-bond acceptors (Lipinski definition) is 3. The maximum Gasteiger partial charge on any atom is 0.319 e. The molecule has 6 nitrogen and oxygen atoms in total. The van der Waals surface area contributed by atoms with Crippen LogP contribution in [0.1, 0.15) is 44.9 Å². The van der Waals surface area contributed by atoms with E-state index < -0.39 is 0 Å². The second-order valence-corrected chi connectivity index (χ2v) is 7.08. The molecule has 0 bridgehead atoms. The van der Waals surface area contributed by atoms with Gasteiger partial charge in [-0.05, 0) is 38.5 Å². The lowest BCUT2D eigenvalue weighted by Gasteiger charge is -2.38. The molecule has 0 aromatic rings. The molecule has 0 radical (unpaired) electrons. The normalized spacial score (nSPS) is 28.7. The van der Waals surface area contributed by atoms with Crippen LogP contribution in [0.15, 0.2) is 0 Å². The molecular formula is C17H29N3O3. The second kappa shape index (κ2) is 7.07. The molecule has 1 atom stereocenters. The van der Waals surface area contributed by atoms with Gasteiger partial charge in [-0.1, -0.05) is 0 Å². The number of ether oxygens (including phenoxy) is 1. The maximum atomic E-state index is 12.6. The first-order chi connectivity index (χ1) is 11.2. The van der Waals surface area contributed by atoms with Crippen molar-refractivity contribution in [1.29, 1.82) is 0 Å². The Balaban J connectivity index is 1.64. The third-order valence-electron chi connectivity index (χ3n) is 5.76. The van der Waals surface area contributed by atoms with Crippen LogP contribution in [0.5, 0.6) is 0 Å². The van der Waals surface area contributed by atoms with E-state index in [1.54, 1.807) is 7.11 Å². The Kier molecular flexibility index (Phi) is 5.09. The van der Waals surface area contributed by atoms with E-state index >= 15 is 0 Å². The average molecular weight is 323 g/mol. The van der Waals surface area contributed by atoms with Crippen LogP contribution >= 0.6 is 0 Å². The van der Waals surface area contributed by atoms with Crippen LogP contribution in [0.2, 0.25) is 0 Å². The smallest absolute Gasteiger partial charge is 0.319 e. The highest BCUT2D eigenvalue weighted by Crippen LogP contribution is 2.39. The molecule has 0 aliphatic carbocycles. The van der Waals surface area contributed by atoms with E-state index in [4.69, 9.17) is 4.74 Å². The highest BCUT2D eigenvalue weighted by Gasteiger charge is 2.45. The van der Waals surface area contributed by atoms with Gasteiger partial charge in [-0.15, -0.1) is 0 Å². The molecule has 3 aliphatic heterocycles. The number of urea groups is 1. The third-order valence-corrected chi connectivity index (χ3v) is 5.76. The van der Waals surface area contributed by atoms with Crippen LogP contribution in [0.3, 0.4) is 0 Å². The van der Waals surface area contributed by atoms with E-state index in [1.807, 2.05) is 14.7 Å². The molecule has 3 amide bonds. The fraction of sp³-hybridized carbons (Fsp3) is 0.882. The van der Waals surface area contributed by atoms with Crippen molar-refractivity contribution >= 4 is 11.9 Å². The number of likely N-dealkylation sites (tertiary alicyclic amines) is 3. The topological polar surface area (TPSA) is 53.1 Å². The molecule has 6 heteroatoms. The molecule has 3 rings (SSSR count). The van der Waals surface area contributed by atoms with Crippen molar-refractivity contribution in [3.8, 4) is 0 Å². The Bertz CT molecular complexity index is 450. The molecule has 3 saturated heterocycles. The van der Waals surface area contributed by atoms with Crippen molar-refractivity contribution in [2.45, 2.75) is 50.5 Å². The summed E-state index contributed by atoms with van der Waals surface area (Å²) in [4.78, 5) is 30.9. The Labute approximate surface area is 138 Å². The van der Waals surface area contributed by atoms with E-state index in [1.165, 1.54) is 0 Å². The van der Waals surface area contributed by atoms with E-state index in [2.05, 4.69) is 0 Å². The van der Waals surface area contributed by atoms with E-state index in [-0.39, 0.29) is 17.5 Å². The summed E-state index contributed by atoms with van der Waals surface area (Å²) in [7, 11) is 1.68. The van der Waals surface area contributed by atoms with Crippen LogP contribution in [-0.2, 0) is 9.53 Å². The van der Waals surface area contributed by atoms with Gasteiger partial charge in [0.1, 0.15) is 0 Å². The van der Waals surface area contributed by atoms with Crippen molar-refractivity contribution in [3.05, 3.63) is 0 Å². The zero-order valence-corrected chi connectivity index (χ0v) is 14.3. The second-order valence-electron chi connectivity index (χ2n) is 7.08. The van der Waals surface area contributed by atoms with Crippen LogP contribution in [0.25, 0.3) is 0 Å². The number of carbonyl (C=O) groups is 2. The molecule has 130 valence electrons. The monoisotopic (exact) mass is 323 g/mol. The van der Waals surface area contributed by atoms with Crippen LogP contribution in [0.4, 0.5) is 4.79 Å². The van der Waals surface area contributed by atoms with Gasteiger partial charge in [0.2, 0.25) is 5.91 Å². The number of rotatable bonds is 3. The van der Waals surface area contributed by atoms with Crippen molar-refractivity contribution in [2.24, 2.45) is 0 Å². The average Bonchev–Trinajstić information content (AvgIpc) is 3.12. The Morgan fingerprint density at radius 2 is 1.74 bits per heavy atom. The number of amides is 3. The zero-order valence-electron chi connectivity index (χ0n) is 14.3. The van der Waals surface area contributed by atoms with Crippen LogP contribution in [0, 0.1) is 0 Å². The molecular weight excluding hydrogens is 294 g/mol. The standard InChI is InChI=1S/C17H29N3O3/c1-23-14-13-20-15(21)5-7-17(20)6-4-11-19(12-8-17)16(22)18-9-2-3-10-18/h2-14H2,1H3/t17-/m0/s1. The molecule has 0 aromatic heterocycles. The molecule has 3 aliphatic rings. The summed E-state index contributed by atoms with van der Waals surface area (Å²) in [5, 5.41) is 0. The Hall–Kier alpha value is -1.30. The summed E-state index contributed by atoms with van der Waals surface area (Å²) in [6.07, 6.45) is 6.72. The highest BCUT2D eigenvalue weighted by molar-refractivity contribution is 5.80. The van der Waals surface area contributed by atoms with E-state index in [0.29, 0.717) is 19.6 Å². The van der Waals surface area contributed by atoms with Gasteiger partial charge < -0.3 is 19.4 Å². The predicted octanol–water partition coefficient (Wildman–Crippen LogP) is 1.70. The quantitative estimate of drug-likeness (QED) is 0.794. The van der Waals surface area contributed by atoms with Crippen molar-refractivity contribution < 1.29 is 14.3 Å². The number of hydrogen-bond donors (Lipinski definition) is 0. The lowest BCUT2D eigenvalue weighted by atomic mass is 9.88. The van der Waals surface area contributed by atoms with Crippen molar-refractivity contribution in [3.63, 3.8) is 0 Å². The zero-order chi connectivity index (χ0) is 16.3. The molecule has 0 aromatic carbocycles. The summed E-state index contributed by atoms with van der Waals surface area (Å²) >= 11 is 0. The minimum atomic E-state index is -0.0460. The summed E-state index contributed by atoms with van der Waals surface area (Å²) in [6.45, 7) is 4.66. The third kappa shape index (κ3) is 3.32. The minimum Gasteiger partial charge on any atom is -0.383 e. The van der Waals surface area contributed by atoms with Gasteiger partial charge in [-0.2, -0.15) is 0 Å². The minimum absolute atomic E-state index is 0.0460. The molecule has 1 spiro atoms. The van der Waals surface area contributed by atoms with Gasteiger partial charge in [0.25, 0.3) is 0 Å². The molecule has 3 fully saturated rings. The first kappa shape index (κ1) is 16.6. The van der Waals surface area contributed by atoms with Gasteiger partial charge in [0.05, 0.1) is 6.61 Å². The van der Waals surface area contributed by atoms with Gasteiger partial charge >= 0.3 is 6.03 Å². The summed E-state index contributed by atoms with van der Waals surface area (Å²) in [5.41, 5.74) is -0.0460.